The number of carbonyl (C=O) groups is 1. The second-order valence-corrected chi connectivity index (χ2v) is 5.45. The normalized spacial score (nSPS) is 16.5. The van der Waals surface area contributed by atoms with Gasteiger partial charge >= 0.3 is 0 Å². The van der Waals surface area contributed by atoms with E-state index < -0.39 is 0 Å². The number of hydrogen-bond donors (Lipinski definition) is 2. The Balaban J connectivity index is 1.93. The average molecular weight is 299 g/mol. The zero-order valence-corrected chi connectivity index (χ0v) is 12.7. The molecule has 1 aliphatic rings. The number of aromatic amines is 1. The maximum absolute atomic E-state index is 12.0. The van der Waals surface area contributed by atoms with Crippen molar-refractivity contribution in [2.75, 3.05) is 14.1 Å². The number of hydrogen-bond acceptors (Lipinski definition) is 5. The van der Waals surface area contributed by atoms with E-state index in [2.05, 4.69) is 25.6 Å². The molecule has 1 aliphatic heterocycles. The Morgan fingerprint density at radius 2 is 2.23 bits per heavy atom. The first-order chi connectivity index (χ1) is 10.5. The molecule has 3 heterocycles. The van der Waals surface area contributed by atoms with Crippen molar-refractivity contribution in [2.24, 2.45) is 5.10 Å². The highest BCUT2D eigenvalue weighted by molar-refractivity contribution is 6.32. The van der Waals surface area contributed by atoms with Gasteiger partial charge in [-0.2, -0.15) is 5.10 Å². The summed E-state index contributed by atoms with van der Waals surface area (Å²) in [5.74, 6) is 0.203. The molecule has 0 aromatic carbocycles. The Hall–Kier alpha value is -2.67. The van der Waals surface area contributed by atoms with Crippen LogP contribution in [-0.4, -0.2) is 40.8 Å². The summed E-state index contributed by atoms with van der Waals surface area (Å²) >= 11 is 0. The Labute approximate surface area is 127 Å². The van der Waals surface area contributed by atoms with Crippen molar-refractivity contribution in [2.45, 2.75) is 13.5 Å². The predicted molar refractivity (Wildman–Crippen MR) is 82.1 cm³/mol. The third kappa shape index (κ3) is 2.71. The minimum Gasteiger partial charge on any atom is -0.359 e. The molecule has 2 N–H and O–H groups in total. The number of nitrogens with one attached hydrogen (secondary N) is 2. The molecule has 0 bridgehead atoms. The lowest BCUT2D eigenvalue weighted by atomic mass is 10.1. The number of carbonyl (C=O) groups excluding carboxylic acids is 1. The van der Waals surface area contributed by atoms with Gasteiger partial charge in [0.1, 0.15) is 5.71 Å². The molecule has 114 valence electrons. The third-order valence-electron chi connectivity index (χ3n) is 3.37. The molecule has 7 heteroatoms. The molecular weight excluding hydrogens is 282 g/mol. The largest absolute Gasteiger partial charge is 0.359 e. The molecule has 0 atom stereocenters. The van der Waals surface area contributed by atoms with Crippen LogP contribution in [0.15, 0.2) is 33.5 Å². The van der Waals surface area contributed by atoms with Gasteiger partial charge in [0.15, 0.2) is 5.76 Å². The van der Waals surface area contributed by atoms with E-state index in [4.69, 9.17) is 4.52 Å². The van der Waals surface area contributed by atoms with Crippen LogP contribution in [0.5, 0.6) is 0 Å². The van der Waals surface area contributed by atoms with Crippen molar-refractivity contribution in [3.63, 3.8) is 0 Å². The Kier molecular flexibility index (Phi) is 3.64. The summed E-state index contributed by atoms with van der Waals surface area (Å²) in [5, 5.41) is 7.66. The van der Waals surface area contributed by atoms with E-state index in [0.717, 1.165) is 17.9 Å². The van der Waals surface area contributed by atoms with E-state index >= 15 is 0 Å². The van der Waals surface area contributed by atoms with Crippen molar-refractivity contribution < 1.29 is 9.32 Å². The van der Waals surface area contributed by atoms with Crippen molar-refractivity contribution in [3.05, 3.63) is 46.6 Å². The van der Waals surface area contributed by atoms with Gasteiger partial charge in [-0.3, -0.25) is 4.79 Å². The fourth-order valence-corrected chi connectivity index (χ4v) is 2.36. The molecule has 0 unspecified atom stereocenters. The second-order valence-electron chi connectivity index (χ2n) is 5.45. The molecule has 0 aliphatic carbocycles. The molecule has 0 fully saturated rings. The lowest BCUT2D eigenvalue weighted by molar-refractivity contribution is -0.116. The Bertz CT molecular complexity index is 753. The molecule has 0 saturated carbocycles. The summed E-state index contributed by atoms with van der Waals surface area (Å²) in [5.41, 5.74) is 6.49. The summed E-state index contributed by atoms with van der Waals surface area (Å²) in [6, 6.07) is 3.70. The summed E-state index contributed by atoms with van der Waals surface area (Å²) < 4.78 is 5.08. The van der Waals surface area contributed by atoms with E-state index in [9.17, 15) is 4.79 Å². The van der Waals surface area contributed by atoms with Crippen LogP contribution in [0, 0.1) is 6.92 Å². The summed E-state index contributed by atoms with van der Waals surface area (Å²) in [7, 11) is 4.04. The topological polar surface area (TPSA) is 86.5 Å². The van der Waals surface area contributed by atoms with Crippen LogP contribution in [0.4, 0.5) is 0 Å². The van der Waals surface area contributed by atoms with E-state index in [1.807, 2.05) is 27.1 Å². The first-order valence-corrected chi connectivity index (χ1v) is 6.89. The molecule has 0 radical (unpaired) electrons. The van der Waals surface area contributed by atoms with Crippen LogP contribution in [0.2, 0.25) is 0 Å². The quantitative estimate of drug-likeness (QED) is 0.833. The zero-order valence-electron chi connectivity index (χ0n) is 12.7. The predicted octanol–water partition coefficient (Wildman–Crippen LogP) is 1.29. The standard InChI is InChI=1S/C15H17N5O2/c1-9-10(8-20(2)3)6-11(17-9)7-12-14(18-19-15(12)21)13-4-5-16-22-13/h4-7,17H,8H2,1-3H3,(H,19,21)/b12-7+. The zero-order chi connectivity index (χ0) is 15.7. The second kappa shape index (κ2) is 5.61. The number of aryl methyl sites for hydroxylation is 1. The average Bonchev–Trinajstić information content (AvgIpc) is 3.14. The maximum atomic E-state index is 12.0. The van der Waals surface area contributed by atoms with Crippen LogP contribution in [-0.2, 0) is 11.3 Å². The SMILES string of the molecule is Cc1[nH]c(/C=C2/C(=O)NN=C2c2ccno2)cc1CN(C)C. The van der Waals surface area contributed by atoms with Gasteiger partial charge in [-0.1, -0.05) is 5.16 Å². The Morgan fingerprint density at radius 1 is 1.41 bits per heavy atom. The number of amides is 1. The lowest BCUT2D eigenvalue weighted by Crippen LogP contribution is -2.13. The van der Waals surface area contributed by atoms with Gasteiger partial charge in [-0.25, -0.2) is 5.43 Å². The Morgan fingerprint density at radius 3 is 2.91 bits per heavy atom. The number of aromatic nitrogens is 2. The highest BCUT2D eigenvalue weighted by Crippen LogP contribution is 2.19. The minimum absolute atomic E-state index is 0.257. The first kappa shape index (κ1) is 14.3. The van der Waals surface area contributed by atoms with Crippen molar-refractivity contribution in [1.82, 2.24) is 20.5 Å². The van der Waals surface area contributed by atoms with Gasteiger partial charge in [0, 0.05) is 24.0 Å². The van der Waals surface area contributed by atoms with E-state index in [0.29, 0.717) is 17.0 Å². The van der Waals surface area contributed by atoms with Crippen LogP contribution in [0.3, 0.4) is 0 Å². The number of rotatable bonds is 4. The summed E-state index contributed by atoms with van der Waals surface area (Å²) in [6.07, 6.45) is 3.29. The van der Waals surface area contributed by atoms with E-state index in [1.54, 1.807) is 12.1 Å². The van der Waals surface area contributed by atoms with Crippen LogP contribution < -0.4 is 5.43 Å². The lowest BCUT2D eigenvalue weighted by Gasteiger charge is -2.07. The fourth-order valence-electron chi connectivity index (χ4n) is 2.36. The molecule has 3 rings (SSSR count). The molecule has 1 amide bonds. The van der Waals surface area contributed by atoms with E-state index in [-0.39, 0.29) is 5.91 Å². The molecule has 22 heavy (non-hydrogen) atoms. The highest BCUT2D eigenvalue weighted by Gasteiger charge is 2.26. The van der Waals surface area contributed by atoms with Gasteiger partial charge in [-0.15, -0.1) is 0 Å². The van der Waals surface area contributed by atoms with Crippen molar-refractivity contribution >= 4 is 17.7 Å². The van der Waals surface area contributed by atoms with Gasteiger partial charge in [0.2, 0.25) is 0 Å². The van der Waals surface area contributed by atoms with Gasteiger partial charge in [0.05, 0.1) is 11.8 Å². The monoisotopic (exact) mass is 299 g/mol. The molecular formula is C15H17N5O2. The van der Waals surface area contributed by atoms with Crippen LogP contribution in [0.25, 0.3) is 6.08 Å². The molecule has 2 aromatic rings. The summed E-state index contributed by atoms with van der Waals surface area (Å²) in [6.45, 7) is 2.85. The van der Waals surface area contributed by atoms with Crippen molar-refractivity contribution in [1.29, 1.82) is 0 Å². The summed E-state index contributed by atoms with van der Waals surface area (Å²) in [4.78, 5) is 17.3. The molecule has 0 saturated heterocycles. The highest BCUT2D eigenvalue weighted by atomic mass is 16.5. The number of H-pyrrole nitrogens is 1. The molecule has 2 aromatic heterocycles. The van der Waals surface area contributed by atoms with Gasteiger partial charge in [-0.05, 0) is 38.7 Å². The smallest absolute Gasteiger partial charge is 0.273 e. The van der Waals surface area contributed by atoms with Gasteiger partial charge in [0.25, 0.3) is 5.91 Å². The fraction of sp³-hybridized carbons (Fsp3) is 0.267. The number of nitrogens with zero attached hydrogens (tertiary/aromatic N) is 3. The van der Waals surface area contributed by atoms with Gasteiger partial charge < -0.3 is 14.4 Å². The van der Waals surface area contributed by atoms with Crippen LogP contribution >= 0.6 is 0 Å². The molecule has 7 nitrogen and oxygen atoms in total. The first-order valence-electron chi connectivity index (χ1n) is 6.89. The maximum Gasteiger partial charge on any atom is 0.273 e. The van der Waals surface area contributed by atoms with Crippen molar-refractivity contribution in [3.8, 4) is 0 Å². The van der Waals surface area contributed by atoms with E-state index in [1.165, 1.54) is 11.8 Å². The number of hydrazone groups is 1. The van der Waals surface area contributed by atoms with Crippen LogP contribution in [0.1, 0.15) is 22.7 Å². The molecule has 0 spiro atoms. The minimum atomic E-state index is -0.257. The third-order valence-corrected chi connectivity index (χ3v) is 3.37.